The van der Waals surface area contributed by atoms with E-state index >= 15 is 0 Å². The van der Waals surface area contributed by atoms with Crippen LogP contribution in [0.5, 0.6) is 0 Å². The molecular weight excluding hydrogens is 342 g/mol. The summed E-state index contributed by atoms with van der Waals surface area (Å²) in [6.07, 6.45) is 5.03. The summed E-state index contributed by atoms with van der Waals surface area (Å²) in [7, 11) is 0. The van der Waals surface area contributed by atoms with Crippen molar-refractivity contribution in [3.8, 4) is 0 Å². The predicted molar refractivity (Wildman–Crippen MR) is 101 cm³/mol. The number of carbonyl (C=O) groups excluding carboxylic acids is 2. The van der Waals surface area contributed by atoms with Crippen LogP contribution in [0.4, 0.5) is 11.4 Å². The Bertz CT molecular complexity index is 947. The van der Waals surface area contributed by atoms with Gasteiger partial charge in [-0.3, -0.25) is 9.59 Å². The fraction of sp³-hybridized carbons (Fsp3) is 0.200. The predicted octanol–water partition coefficient (Wildman–Crippen LogP) is 2.93. The second-order valence-corrected chi connectivity index (χ2v) is 6.55. The lowest BCUT2D eigenvalue weighted by Crippen LogP contribution is -2.15. The number of anilines is 2. The van der Waals surface area contributed by atoms with E-state index in [1.165, 1.54) is 6.33 Å². The molecule has 0 spiro atoms. The fourth-order valence-electron chi connectivity index (χ4n) is 2.76. The number of hydrogen-bond acceptors (Lipinski definition) is 4. The third-order valence-electron chi connectivity index (χ3n) is 4.43. The summed E-state index contributed by atoms with van der Waals surface area (Å²) < 4.78 is 1.70. The van der Waals surface area contributed by atoms with E-state index in [2.05, 4.69) is 20.7 Å². The number of aromatic nitrogens is 3. The Morgan fingerprint density at radius 2 is 1.81 bits per heavy atom. The van der Waals surface area contributed by atoms with Crippen LogP contribution in [0.1, 0.15) is 28.8 Å². The number of amides is 2. The van der Waals surface area contributed by atoms with Gasteiger partial charge in [-0.25, -0.2) is 9.67 Å². The standard InChI is InChI=1S/C20H19N5O2/c26-19(14-5-6-14)23-17-9-7-15(8-10-17)20(27)24-18-4-2-1-3-16(18)11-25-13-21-12-22-25/h1-4,7-10,12-14H,5-6,11H2,(H,23,26)(H,24,27). The molecule has 2 N–H and O–H groups in total. The van der Waals surface area contributed by atoms with Gasteiger partial charge in [-0.2, -0.15) is 5.10 Å². The Kier molecular flexibility index (Phi) is 4.65. The maximum absolute atomic E-state index is 12.6. The minimum Gasteiger partial charge on any atom is -0.326 e. The first kappa shape index (κ1) is 17.0. The number of nitrogens with zero attached hydrogens (tertiary/aromatic N) is 3. The molecule has 4 rings (SSSR count). The van der Waals surface area contributed by atoms with Crippen molar-refractivity contribution in [2.75, 3.05) is 10.6 Å². The Balaban J connectivity index is 1.43. The zero-order valence-corrected chi connectivity index (χ0v) is 14.6. The lowest BCUT2D eigenvalue weighted by molar-refractivity contribution is -0.117. The van der Waals surface area contributed by atoms with Gasteiger partial charge in [0, 0.05) is 22.9 Å². The lowest BCUT2D eigenvalue weighted by atomic mass is 10.1. The minimum atomic E-state index is -0.207. The third-order valence-corrected chi connectivity index (χ3v) is 4.43. The molecule has 0 saturated heterocycles. The van der Waals surface area contributed by atoms with Crippen molar-refractivity contribution in [2.45, 2.75) is 19.4 Å². The van der Waals surface area contributed by atoms with Crippen molar-refractivity contribution in [2.24, 2.45) is 5.92 Å². The van der Waals surface area contributed by atoms with Gasteiger partial charge in [0.1, 0.15) is 12.7 Å². The number of rotatable bonds is 6. The van der Waals surface area contributed by atoms with Gasteiger partial charge in [-0.05, 0) is 48.7 Å². The summed E-state index contributed by atoms with van der Waals surface area (Å²) >= 11 is 0. The van der Waals surface area contributed by atoms with Crippen molar-refractivity contribution in [3.05, 3.63) is 72.3 Å². The number of carbonyl (C=O) groups is 2. The highest BCUT2D eigenvalue weighted by Crippen LogP contribution is 2.30. The van der Waals surface area contributed by atoms with Crippen molar-refractivity contribution < 1.29 is 9.59 Å². The quantitative estimate of drug-likeness (QED) is 0.706. The SMILES string of the molecule is O=C(Nc1ccccc1Cn1cncn1)c1ccc(NC(=O)C2CC2)cc1. The van der Waals surface area contributed by atoms with Gasteiger partial charge in [0.05, 0.1) is 6.54 Å². The monoisotopic (exact) mass is 361 g/mol. The number of benzene rings is 2. The molecule has 1 saturated carbocycles. The van der Waals surface area contributed by atoms with Gasteiger partial charge >= 0.3 is 0 Å². The van der Waals surface area contributed by atoms with Gasteiger partial charge in [0.25, 0.3) is 5.91 Å². The molecular formula is C20H19N5O2. The number of nitrogens with one attached hydrogen (secondary N) is 2. The smallest absolute Gasteiger partial charge is 0.255 e. The molecule has 3 aromatic rings. The van der Waals surface area contributed by atoms with Gasteiger partial charge < -0.3 is 10.6 Å². The summed E-state index contributed by atoms with van der Waals surface area (Å²) in [6, 6.07) is 14.5. The van der Waals surface area contributed by atoms with Gasteiger partial charge in [0.2, 0.25) is 5.91 Å². The highest BCUT2D eigenvalue weighted by atomic mass is 16.2. The van der Waals surface area contributed by atoms with Crippen molar-refractivity contribution >= 4 is 23.2 Å². The summed E-state index contributed by atoms with van der Waals surface area (Å²) in [5, 5.41) is 9.91. The van der Waals surface area contributed by atoms with Gasteiger partial charge in [-0.15, -0.1) is 0 Å². The number of para-hydroxylation sites is 1. The van der Waals surface area contributed by atoms with E-state index in [1.807, 2.05) is 24.3 Å². The summed E-state index contributed by atoms with van der Waals surface area (Å²) in [5.41, 5.74) is 2.89. The molecule has 1 aliphatic carbocycles. The zero-order chi connectivity index (χ0) is 18.6. The lowest BCUT2D eigenvalue weighted by Gasteiger charge is -2.11. The minimum absolute atomic E-state index is 0.0502. The Morgan fingerprint density at radius 1 is 1.04 bits per heavy atom. The second kappa shape index (κ2) is 7.41. The molecule has 1 fully saturated rings. The fourth-order valence-corrected chi connectivity index (χ4v) is 2.76. The Morgan fingerprint density at radius 3 is 2.52 bits per heavy atom. The van der Waals surface area contributed by atoms with E-state index in [-0.39, 0.29) is 17.7 Å². The average Bonchev–Trinajstić information content (AvgIpc) is 3.42. The van der Waals surface area contributed by atoms with Crippen LogP contribution >= 0.6 is 0 Å². The van der Waals surface area contributed by atoms with Crippen LogP contribution in [0.2, 0.25) is 0 Å². The first-order valence-electron chi connectivity index (χ1n) is 8.81. The Hall–Kier alpha value is -3.48. The number of hydrogen-bond donors (Lipinski definition) is 2. The molecule has 0 aliphatic heterocycles. The summed E-state index contributed by atoms with van der Waals surface area (Å²) in [6.45, 7) is 0.516. The molecule has 0 radical (unpaired) electrons. The van der Waals surface area contributed by atoms with Crippen LogP contribution < -0.4 is 10.6 Å². The normalized spacial score (nSPS) is 13.2. The maximum Gasteiger partial charge on any atom is 0.255 e. The van der Waals surface area contributed by atoms with E-state index in [0.29, 0.717) is 17.8 Å². The molecule has 1 aromatic heterocycles. The van der Waals surface area contributed by atoms with Crippen LogP contribution in [0, 0.1) is 5.92 Å². The molecule has 2 amide bonds. The summed E-state index contributed by atoms with van der Waals surface area (Å²) in [5.74, 6) is -0.00943. The molecule has 2 aromatic carbocycles. The van der Waals surface area contributed by atoms with E-state index in [0.717, 1.165) is 24.1 Å². The van der Waals surface area contributed by atoms with Crippen molar-refractivity contribution in [1.82, 2.24) is 14.8 Å². The third kappa shape index (κ3) is 4.20. The van der Waals surface area contributed by atoms with Crippen LogP contribution in [-0.2, 0) is 11.3 Å². The van der Waals surface area contributed by atoms with Crippen molar-refractivity contribution in [3.63, 3.8) is 0 Å². The first-order valence-corrected chi connectivity index (χ1v) is 8.81. The molecule has 1 aliphatic rings. The molecule has 136 valence electrons. The van der Waals surface area contributed by atoms with Gasteiger partial charge in [0.15, 0.2) is 0 Å². The highest BCUT2D eigenvalue weighted by Gasteiger charge is 2.29. The van der Waals surface area contributed by atoms with Crippen LogP contribution in [0.25, 0.3) is 0 Å². The van der Waals surface area contributed by atoms with Gasteiger partial charge in [-0.1, -0.05) is 18.2 Å². The van der Waals surface area contributed by atoms with E-state index in [4.69, 9.17) is 0 Å². The maximum atomic E-state index is 12.6. The molecule has 0 unspecified atom stereocenters. The summed E-state index contributed by atoms with van der Waals surface area (Å²) in [4.78, 5) is 28.3. The Labute approximate surface area is 156 Å². The van der Waals surface area contributed by atoms with Crippen LogP contribution in [-0.4, -0.2) is 26.6 Å². The first-order chi connectivity index (χ1) is 13.2. The van der Waals surface area contributed by atoms with Crippen LogP contribution in [0.3, 0.4) is 0 Å². The topological polar surface area (TPSA) is 88.9 Å². The molecule has 27 heavy (non-hydrogen) atoms. The molecule has 7 heteroatoms. The largest absolute Gasteiger partial charge is 0.326 e. The average molecular weight is 361 g/mol. The molecule has 0 atom stereocenters. The molecule has 7 nitrogen and oxygen atoms in total. The van der Waals surface area contributed by atoms with E-state index < -0.39 is 0 Å². The van der Waals surface area contributed by atoms with Crippen LogP contribution in [0.15, 0.2) is 61.2 Å². The zero-order valence-electron chi connectivity index (χ0n) is 14.6. The molecule has 1 heterocycles. The second-order valence-electron chi connectivity index (χ2n) is 6.55. The molecule has 0 bridgehead atoms. The van der Waals surface area contributed by atoms with E-state index in [1.54, 1.807) is 35.3 Å². The van der Waals surface area contributed by atoms with E-state index in [9.17, 15) is 9.59 Å². The highest BCUT2D eigenvalue weighted by molar-refractivity contribution is 6.05. The van der Waals surface area contributed by atoms with Crippen molar-refractivity contribution in [1.29, 1.82) is 0 Å².